The third-order valence-corrected chi connectivity index (χ3v) is 3.95. The number of nitrogens with one attached hydrogen (secondary N) is 1. The van der Waals surface area contributed by atoms with Crippen molar-refractivity contribution in [3.63, 3.8) is 0 Å². The number of benzene rings is 2. The molecule has 0 fully saturated rings. The monoisotopic (exact) mass is 322 g/mol. The number of nitrogens with zero attached hydrogens (tertiary/aromatic N) is 1. The molecule has 0 saturated heterocycles. The second-order valence-electron chi connectivity index (χ2n) is 5.45. The van der Waals surface area contributed by atoms with Crippen molar-refractivity contribution in [1.82, 2.24) is 0 Å². The molecule has 2 aromatic rings. The van der Waals surface area contributed by atoms with Gasteiger partial charge in [-0.3, -0.25) is 10.1 Å². The summed E-state index contributed by atoms with van der Waals surface area (Å²) in [6, 6.07) is 9.52. The Bertz CT molecular complexity index is 759. The molecule has 0 amide bonds. The summed E-state index contributed by atoms with van der Waals surface area (Å²) < 4.78 is 38.2. The highest BCUT2D eigenvalue weighted by Crippen LogP contribution is 2.37. The average Bonchev–Trinajstić information content (AvgIpc) is 2.89. The molecule has 0 aromatic heterocycles. The fraction of sp³-hybridized carbons (Fsp3) is 0.250. The highest BCUT2D eigenvalue weighted by atomic mass is 19.4. The number of alkyl halides is 3. The van der Waals surface area contributed by atoms with Gasteiger partial charge in [-0.2, -0.15) is 13.2 Å². The Morgan fingerprint density at radius 2 is 1.96 bits per heavy atom. The van der Waals surface area contributed by atoms with Gasteiger partial charge in [0.25, 0.3) is 5.69 Å². The predicted octanol–water partition coefficient (Wildman–Crippen LogP) is 4.71. The van der Waals surface area contributed by atoms with Crippen LogP contribution in [-0.2, 0) is 12.6 Å². The smallest absolute Gasteiger partial charge is 0.378 e. The maximum atomic E-state index is 12.7. The van der Waals surface area contributed by atoms with E-state index in [0.29, 0.717) is 18.5 Å². The van der Waals surface area contributed by atoms with Crippen LogP contribution in [-0.4, -0.2) is 4.92 Å². The zero-order chi connectivity index (χ0) is 16.6. The Hall–Kier alpha value is -2.57. The number of aryl methyl sites for hydroxylation is 1. The molecule has 0 saturated carbocycles. The van der Waals surface area contributed by atoms with Gasteiger partial charge in [0.1, 0.15) is 0 Å². The Morgan fingerprint density at radius 3 is 2.65 bits per heavy atom. The lowest BCUT2D eigenvalue weighted by Crippen LogP contribution is -2.09. The summed E-state index contributed by atoms with van der Waals surface area (Å²) in [7, 11) is 0. The SMILES string of the molecule is O=[N+]([O-])c1ccc2c(c1)CCC2Nc1cccc(C(F)(F)F)c1. The summed E-state index contributed by atoms with van der Waals surface area (Å²) in [5.41, 5.74) is 1.47. The topological polar surface area (TPSA) is 55.2 Å². The van der Waals surface area contributed by atoms with Crippen LogP contribution in [0.3, 0.4) is 0 Å². The van der Waals surface area contributed by atoms with E-state index in [1.807, 2.05) is 0 Å². The zero-order valence-electron chi connectivity index (χ0n) is 11.9. The lowest BCUT2D eigenvalue weighted by molar-refractivity contribution is -0.384. The first-order chi connectivity index (χ1) is 10.8. The Labute approximate surface area is 130 Å². The number of halogens is 3. The minimum absolute atomic E-state index is 0.0310. The molecule has 120 valence electrons. The van der Waals surface area contributed by atoms with Crippen LogP contribution in [0.4, 0.5) is 24.5 Å². The normalized spacial score (nSPS) is 16.9. The Balaban J connectivity index is 1.83. The van der Waals surface area contributed by atoms with Gasteiger partial charge in [0.05, 0.1) is 16.5 Å². The number of non-ortho nitro benzene ring substituents is 1. The first kappa shape index (κ1) is 15.3. The number of hydrogen-bond acceptors (Lipinski definition) is 3. The fourth-order valence-corrected chi connectivity index (χ4v) is 2.85. The standard InChI is InChI=1S/C16H13F3N2O2/c17-16(18,19)11-2-1-3-12(9-11)20-15-7-4-10-8-13(21(22)23)5-6-14(10)15/h1-3,5-6,8-9,15,20H,4,7H2. The molecule has 23 heavy (non-hydrogen) atoms. The van der Waals surface area contributed by atoms with E-state index in [-0.39, 0.29) is 11.7 Å². The maximum absolute atomic E-state index is 12.7. The van der Waals surface area contributed by atoms with Gasteiger partial charge < -0.3 is 5.32 Å². The van der Waals surface area contributed by atoms with Crippen molar-refractivity contribution >= 4 is 11.4 Å². The van der Waals surface area contributed by atoms with Crippen LogP contribution < -0.4 is 5.32 Å². The Kier molecular flexibility index (Phi) is 3.71. The molecule has 1 unspecified atom stereocenters. The van der Waals surface area contributed by atoms with Gasteiger partial charge in [-0.25, -0.2) is 0 Å². The van der Waals surface area contributed by atoms with Crippen molar-refractivity contribution < 1.29 is 18.1 Å². The van der Waals surface area contributed by atoms with E-state index in [4.69, 9.17) is 0 Å². The summed E-state index contributed by atoms with van der Waals surface area (Å²) in [4.78, 5) is 10.3. The molecule has 0 heterocycles. The second kappa shape index (κ2) is 5.57. The minimum Gasteiger partial charge on any atom is -0.378 e. The molecule has 1 aliphatic rings. The van der Waals surface area contributed by atoms with Gasteiger partial charge in [0, 0.05) is 17.8 Å². The first-order valence-corrected chi connectivity index (χ1v) is 7.05. The lowest BCUT2D eigenvalue weighted by Gasteiger charge is -2.17. The van der Waals surface area contributed by atoms with Crippen LogP contribution in [0.5, 0.6) is 0 Å². The molecule has 0 bridgehead atoms. The number of nitro groups is 1. The van der Waals surface area contributed by atoms with E-state index < -0.39 is 16.7 Å². The van der Waals surface area contributed by atoms with Gasteiger partial charge in [-0.05, 0) is 48.2 Å². The molecule has 1 aliphatic carbocycles. The molecule has 0 radical (unpaired) electrons. The highest BCUT2D eigenvalue weighted by Gasteiger charge is 2.31. The van der Waals surface area contributed by atoms with Crippen LogP contribution >= 0.6 is 0 Å². The van der Waals surface area contributed by atoms with Crippen molar-refractivity contribution in [3.05, 3.63) is 69.3 Å². The predicted molar refractivity (Wildman–Crippen MR) is 79.2 cm³/mol. The van der Waals surface area contributed by atoms with Crippen molar-refractivity contribution in [3.8, 4) is 0 Å². The quantitative estimate of drug-likeness (QED) is 0.657. The van der Waals surface area contributed by atoms with Crippen molar-refractivity contribution in [2.75, 3.05) is 5.32 Å². The summed E-state index contributed by atoms with van der Waals surface area (Å²) in [6.07, 6.45) is -3.04. The van der Waals surface area contributed by atoms with Crippen LogP contribution in [0.1, 0.15) is 29.2 Å². The molecule has 7 heteroatoms. The number of anilines is 1. The summed E-state index contributed by atoms with van der Waals surface area (Å²) in [5.74, 6) is 0. The summed E-state index contributed by atoms with van der Waals surface area (Å²) in [6.45, 7) is 0. The third kappa shape index (κ3) is 3.13. The average molecular weight is 322 g/mol. The number of fused-ring (bicyclic) bond motifs is 1. The van der Waals surface area contributed by atoms with E-state index >= 15 is 0 Å². The van der Waals surface area contributed by atoms with Gasteiger partial charge in [-0.15, -0.1) is 0 Å². The van der Waals surface area contributed by atoms with Crippen molar-refractivity contribution in [1.29, 1.82) is 0 Å². The van der Waals surface area contributed by atoms with Crippen LogP contribution in [0.25, 0.3) is 0 Å². The van der Waals surface area contributed by atoms with Crippen LogP contribution in [0.15, 0.2) is 42.5 Å². The third-order valence-electron chi connectivity index (χ3n) is 3.95. The van der Waals surface area contributed by atoms with E-state index in [1.165, 1.54) is 18.2 Å². The number of rotatable bonds is 3. The van der Waals surface area contributed by atoms with E-state index in [0.717, 1.165) is 23.3 Å². The molecular formula is C16H13F3N2O2. The van der Waals surface area contributed by atoms with Crippen molar-refractivity contribution in [2.45, 2.75) is 25.1 Å². The highest BCUT2D eigenvalue weighted by molar-refractivity contribution is 5.52. The van der Waals surface area contributed by atoms with Crippen LogP contribution in [0, 0.1) is 10.1 Å². The van der Waals surface area contributed by atoms with E-state index in [1.54, 1.807) is 12.1 Å². The number of nitro benzene ring substituents is 1. The van der Waals surface area contributed by atoms with Gasteiger partial charge >= 0.3 is 6.18 Å². The van der Waals surface area contributed by atoms with Gasteiger partial charge in [0.2, 0.25) is 0 Å². The zero-order valence-corrected chi connectivity index (χ0v) is 11.9. The molecule has 1 atom stereocenters. The first-order valence-electron chi connectivity index (χ1n) is 7.05. The largest absolute Gasteiger partial charge is 0.416 e. The van der Waals surface area contributed by atoms with Crippen LogP contribution in [0.2, 0.25) is 0 Å². The van der Waals surface area contributed by atoms with Gasteiger partial charge in [0.15, 0.2) is 0 Å². The molecule has 0 aliphatic heterocycles. The molecular weight excluding hydrogens is 309 g/mol. The summed E-state index contributed by atoms with van der Waals surface area (Å²) in [5, 5.41) is 13.9. The molecule has 0 spiro atoms. The lowest BCUT2D eigenvalue weighted by atomic mass is 10.1. The minimum atomic E-state index is -4.38. The van der Waals surface area contributed by atoms with Crippen molar-refractivity contribution in [2.24, 2.45) is 0 Å². The van der Waals surface area contributed by atoms with E-state index in [9.17, 15) is 23.3 Å². The molecule has 2 aromatic carbocycles. The van der Waals surface area contributed by atoms with Gasteiger partial charge in [-0.1, -0.05) is 6.07 Å². The maximum Gasteiger partial charge on any atom is 0.416 e. The second-order valence-corrected chi connectivity index (χ2v) is 5.45. The fourth-order valence-electron chi connectivity index (χ4n) is 2.85. The van der Waals surface area contributed by atoms with E-state index in [2.05, 4.69) is 5.32 Å². The Morgan fingerprint density at radius 1 is 1.17 bits per heavy atom. The number of hydrogen-bond donors (Lipinski definition) is 1. The molecule has 4 nitrogen and oxygen atoms in total. The summed E-state index contributed by atoms with van der Waals surface area (Å²) >= 11 is 0. The molecule has 3 rings (SSSR count). The molecule has 1 N–H and O–H groups in total.